The summed E-state index contributed by atoms with van der Waals surface area (Å²) < 4.78 is 5.85. The van der Waals surface area contributed by atoms with Gasteiger partial charge < -0.3 is 15.4 Å². The summed E-state index contributed by atoms with van der Waals surface area (Å²) in [5.41, 5.74) is 1.90. The highest BCUT2D eigenvalue weighted by molar-refractivity contribution is 5.74. The molecule has 172 valence electrons. The Labute approximate surface area is 193 Å². The van der Waals surface area contributed by atoms with E-state index in [-0.39, 0.29) is 0 Å². The van der Waals surface area contributed by atoms with Crippen molar-refractivity contribution in [1.82, 2.24) is 9.88 Å². The summed E-state index contributed by atoms with van der Waals surface area (Å²) >= 11 is 0. The molecule has 1 aliphatic heterocycles. The largest absolute Gasteiger partial charge is 0.490 e. The van der Waals surface area contributed by atoms with Crippen molar-refractivity contribution in [3.05, 3.63) is 92.5 Å². The Kier molecular flexibility index (Phi) is 7.87. The fraction of sp³-hybridized carbons (Fsp3) is 0.346. The van der Waals surface area contributed by atoms with Crippen molar-refractivity contribution in [3.63, 3.8) is 0 Å². The quantitative estimate of drug-likeness (QED) is 0.345. The van der Waals surface area contributed by atoms with E-state index in [1.807, 2.05) is 36.4 Å². The van der Waals surface area contributed by atoms with Gasteiger partial charge in [0.2, 0.25) is 0 Å². The molecule has 0 spiro atoms. The Morgan fingerprint density at radius 2 is 1.73 bits per heavy atom. The summed E-state index contributed by atoms with van der Waals surface area (Å²) in [6.07, 6.45) is 11.1. The predicted octanol–water partition coefficient (Wildman–Crippen LogP) is 3.32. The van der Waals surface area contributed by atoms with Gasteiger partial charge in [-0.2, -0.15) is 0 Å². The minimum atomic E-state index is -0.488. The Morgan fingerprint density at radius 3 is 2.52 bits per heavy atom. The van der Waals surface area contributed by atoms with Crippen molar-refractivity contribution in [1.29, 1.82) is 0 Å². The van der Waals surface area contributed by atoms with Crippen LogP contribution in [0, 0.1) is 0 Å². The molecule has 0 bridgehead atoms. The molecule has 7 nitrogen and oxygen atoms in total. The number of hydrogen-bond donors (Lipinski definition) is 2. The number of benzene rings is 1. The molecule has 0 aliphatic carbocycles. The van der Waals surface area contributed by atoms with Gasteiger partial charge in [0.1, 0.15) is 23.7 Å². The van der Waals surface area contributed by atoms with Gasteiger partial charge in [0.25, 0.3) is 10.9 Å². The van der Waals surface area contributed by atoms with Crippen LogP contribution < -0.4 is 26.2 Å². The average molecular weight is 447 g/mol. The van der Waals surface area contributed by atoms with Crippen LogP contribution in [0.15, 0.2) is 70.5 Å². The van der Waals surface area contributed by atoms with Gasteiger partial charge in [0.05, 0.1) is 0 Å². The summed E-state index contributed by atoms with van der Waals surface area (Å²) in [6.45, 7) is 4.62. The zero-order valence-electron chi connectivity index (χ0n) is 18.8. The zero-order chi connectivity index (χ0) is 22.9. The number of hydrogen-bond acceptors (Lipinski definition) is 7. The molecule has 0 unspecified atom stereocenters. The number of likely N-dealkylation sites (tertiary alicyclic amines) is 1. The van der Waals surface area contributed by atoms with E-state index >= 15 is 0 Å². The molecule has 2 heterocycles. The fourth-order valence-electron chi connectivity index (χ4n) is 3.99. The minimum Gasteiger partial charge on any atom is -0.490 e. The van der Waals surface area contributed by atoms with Crippen LogP contribution in [0.5, 0.6) is 5.75 Å². The molecule has 7 heteroatoms. The average Bonchev–Trinajstić information content (AvgIpc) is 2.86. The fourth-order valence-corrected chi connectivity index (χ4v) is 3.99. The predicted molar refractivity (Wildman–Crippen MR) is 132 cm³/mol. The van der Waals surface area contributed by atoms with Gasteiger partial charge in [-0.1, -0.05) is 30.7 Å². The van der Waals surface area contributed by atoms with Crippen LogP contribution in [-0.2, 0) is 13.1 Å². The number of aromatic nitrogens is 1. The third kappa shape index (κ3) is 6.29. The number of nitrogens with zero attached hydrogens (tertiary/aromatic N) is 2. The summed E-state index contributed by atoms with van der Waals surface area (Å²) in [4.78, 5) is 30.3. The second-order valence-corrected chi connectivity index (χ2v) is 8.27. The molecular weight excluding hydrogens is 416 g/mol. The Bertz CT molecular complexity index is 1130. The summed E-state index contributed by atoms with van der Waals surface area (Å²) in [5, 5.41) is 6.05. The lowest BCUT2D eigenvalue weighted by Crippen LogP contribution is -2.37. The van der Waals surface area contributed by atoms with Crippen molar-refractivity contribution in [2.75, 3.05) is 36.9 Å². The first-order chi connectivity index (χ1) is 16.2. The maximum Gasteiger partial charge on any atom is 0.253 e. The molecule has 4 rings (SSSR count). The maximum absolute atomic E-state index is 11.9. The van der Waals surface area contributed by atoms with Crippen LogP contribution in [0.1, 0.15) is 30.4 Å². The van der Waals surface area contributed by atoms with Crippen molar-refractivity contribution in [2.45, 2.75) is 32.4 Å². The summed E-state index contributed by atoms with van der Waals surface area (Å²) in [6, 6.07) is 12.0. The van der Waals surface area contributed by atoms with E-state index in [1.165, 1.54) is 37.9 Å². The molecule has 33 heavy (non-hydrogen) atoms. The Hall–Kier alpha value is -3.45. The van der Waals surface area contributed by atoms with E-state index in [0.29, 0.717) is 31.1 Å². The second kappa shape index (κ2) is 11.4. The molecule has 0 atom stereocenters. The van der Waals surface area contributed by atoms with Gasteiger partial charge in [-0.25, -0.2) is 0 Å². The lowest BCUT2D eigenvalue weighted by Gasteiger charge is -2.26. The molecule has 1 aromatic heterocycles. The van der Waals surface area contributed by atoms with Gasteiger partial charge in [-0.05, 0) is 61.3 Å². The Balaban J connectivity index is 1.20. The lowest BCUT2D eigenvalue weighted by atomic mass is 10.1. The molecule has 1 aliphatic rings. The first-order valence-corrected chi connectivity index (χ1v) is 11.5. The normalized spacial score (nSPS) is 14.5. The van der Waals surface area contributed by atoms with Gasteiger partial charge in [0, 0.05) is 32.0 Å². The SMILES string of the molecule is O=c1c(NCC=CCOc2cccc(CN3CCCCC3)c2)c(NCc2cccnc2)c1=O. The van der Waals surface area contributed by atoms with Crippen LogP contribution in [-0.4, -0.2) is 36.1 Å². The van der Waals surface area contributed by atoms with Crippen molar-refractivity contribution in [2.24, 2.45) is 0 Å². The Morgan fingerprint density at radius 1 is 0.939 bits per heavy atom. The smallest absolute Gasteiger partial charge is 0.253 e. The first-order valence-electron chi connectivity index (χ1n) is 11.5. The van der Waals surface area contributed by atoms with E-state index in [4.69, 9.17) is 4.74 Å². The van der Waals surface area contributed by atoms with Crippen LogP contribution in [0.4, 0.5) is 11.4 Å². The topological polar surface area (TPSA) is 83.6 Å². The summed E-state index contributed by atoms with van der Waals surface area (Å²) in [5.74, 6) is 0.853. The molecule has 0 saturated carbocycles. The summed E-state index contributed by atoms with van der Waals surface area (Å²) in [7, 11) is 0. The highest BCUT2D eigenvalue weighted by Gasteiger charge is 2.19. The van der Waals surface area contributed by atoms with Gasteiger partial charge in [0.15, 0.2) is 0 Å². The van der Waals surface area contributed by atoms with E-state index in [0.717, 1.165) is 17.9 Å². The van der Waals surface area contributed by atoms with Crippen LogP contribution in [0.3, 0.4) is 0 Å². The van der Waals surface area contributed by atoms with Gasteiger partial charge in [-0.15, -0.1) is 0 Å². The van der Waals surface area contributed by atoms with Gasteiger partial charge >= 0.3 is 0 Å². The van der Waals surface area contributed by atoms with E-state index < -0.39 is 10.9 Å². The van der Waals surface area contributed by atoms with Crippen LogP contribution >= 0.6 is 0 Å². The molecule has 2 aromatic carbocycles. The van der Waals surface area contributed by atoms with E-state index in [2.05, 4.69) is 32.7 Å². The number of piperidine rings is 1. The van der Waals surface area contributed by atoms with Crippen molar-refractivity contribution >= 4 is 11.4 Å². The highest BCUT2D eigenvalue weighted by Crippen LogP contribution is 2.18. The third-order valence-corrected chi connectivity index (χ3v) is 5.77. The lowest BCUT2D eigenvalue weighted by molar-refractivity contribution is 0.220. The van der Waals surface area contributed by atoms with Crippen molar-refractivity contribution < 1.29 is 4.74 Å². The maximum atomic E-state index is 11.9. The van der Waals surface area contributed by atoms with Gasteiger partial charge in [-0.3, -0.25) is 19.5 Å². The molecule has 1 fully saturated rings. The molecule has 3 aromatic rings. The van der Waals surface area contributed by atoms with E-state index in [1.54, 1.807) is 12.4 Å². The number of nitrogens with one attached hydrogen (secondary N) is 2. The number of pyridine rings is 1. The number of anilines is 2. The molecule has 0 amide bonds. The molecule has 1 saturated heterocycles. The number of ether oxygens (including phenoxy) is 1. The second-order valence-electron chi connectivity index (χ2n) is 8.27. The molecular formula is C26H30N4O3. The van der Waals surface area contributed by atoms with E-state index in [9.17, 15) is 9.59 Å². The minimum absolute atomic E-state index is 0.332. The first kappa shape index (κ1) is 22.7. The number of rotatable bonds is 11. The third-order valence-electron chi connectivity index (χ3n) is 5.77. The highest BCUT2D eigenvalue weighted by atomic mass is 16.5. The zero-order valence-corrected chi connectivity index (χ0v) is 18.8. The standard InChI is InChI=1S/C26H30N4O3/c31-25-23(24(26(25)32)29-18-21-9-7-11-27-17-21)28-12-2-5-15-33-22-10-6-8-20(16-22)19-30-13-3-1-4-14-30/h2,5-11,16-17,28-29H,1,3-4,12-15,18-19H2. The molecule has 2 N–H and O–H groups in total. The monoisotopic (exact) mass is 446 g/mol. The molecule has 0 radical (unpaired) electrons. The van der Waals surface area contributed by atoms with Crippen molar-refractivity contribution in [3.8, 4) is 5.75 Å². The van der Waals surface area contributed by atoms with Crippen LogP contribution in [0.2, 0.25) is 0 Å². The van der Waals surface area contributed by atoms with Crippen LogP contribution in [0.25, 0.3) is 0 Å².